The summed E-state index contributed by atoms with van der Waals surface area (Å²) in [5, 5.41) is 9.76. The predicted octanol–water partition coefficient (Wildman–Crippen LogP) is 2.87. The summed E-state index contributed by atoms with van der Waals surface area (Å²) in [5.41, 5.74) is 0. The first kappa shape index (κ1) is 12.2. The largest absolute Gasteiger partial charge is 0.480 e. The van der Waals surface area contributed by atoms with Crippen LogP contribution in [0.1, 0.15) is 33.1 Å². The van der Waals surface area contributed by atoms with Crippen molar-refractivity contribution in [2.45, 2.75) is 43.1 Å². The van der Waals surface area contributed by atoms with E-state index in [0.717, 1.165) is 30.8 Å². The van der Waals surface area contributed by atoms with Crippen molar-refractivity contribution in [2.75, 3.05) is 11.5 Å². The molecule has 1 aliphatic rings. The van der Waals surface area contributed by atoms with Crippen LogP contribution in [0.4, 0.5) is 0 Å². The summed E-state index contributed by atoms with van der Waals surface area (Å²) in [6.07, 6.45) is 2.69. The summed E-state index contributed by atoms with van der Waals surface area (Å²) < 4.78 is -0.485. The molecule has 0 aliphatic carbocycles. The number of carboxylic acid groups (broad SMARTS) is 1. The van der Waals surface area contributed by atoms with Gasteiger partial charge in [0, 0.05) is 5.25 Å². The minimum absolute atomic E-state index is 0.453. The molecule has 1 unspecified atom stereocenters. The number of aliphatic carboxylic acids is 1. The molecule has 0 aromatic heterocycles. The highest BCUT2D eigenvalue weighted by molar-refractivity contribution is 8.02. The van der Waals surface area contributed by atoms with Crippen LogP contribution >= 0.6 is 23.5 Å². The quantitative estimate of drug-likeness (QED) is 0.811. The maximum Gasteiger partial charge on any atom is 0.319 e. The molecule has 14 heavy (non-hydrogen) atoms. The maximum atomic E-state index is 11.3. The van der Waals surface area contributed by atoms with Crippen molar-refractivity contribution < 1.29 is 9.90 Å². The number of carbonyl (C=O) groups is 1. The second-order valence-corrected chi connectivity index (χ2v) is 6.80. The van der Waals surface area contributed by atoms with E-state index in [1.54, 1.807) is 11.8 Å². The Kier molecular flexibility index (Phi) is 4.64. The van der Waals surface area contributed by atoms with Crippen LogP contribution in [-0.4, -0.2) is 32.6 Å². The van der Waals surface area contributed by atoms with Gasteiger partial charge in [0.1, 0.15) is 4.75 Å². The van der Waals surface area contributed by atoms with Crippen LogP contribution in [0.3, 0.4) is 0 Å². The summed E-state index contributed by atoms with van der Waals surface area (Å²) in [5.74, 6) is 1.38. The van der Waals surface area contributed by atoms with Crippen molar-refractivity contribution in [1.82, 2.24) is 0 Å². The predicted molar refractivity (Wildman–Crippen MR) is 64.3 cm³/mol. The van der Waals surface area contributed by atoms with Gasteiger partial charge < -0.3 is 5.11 Å². The molecule has 0 aromatic rings. The number of thioether (sulfide) groups is 2. The van der Waals surface area contributed by atoms with E-state index in [-0.39, 0.29) is 0 Å². The van der Waals surface area contributed by atoms with E-state index in [1.807, 2.05) is 11.8 Å². The zero-order valence-corrected chi connectivity index (χ0v) is 10.4. The minimum atomic E-state index is -0.608. The Balaban J connectivity index is 2.65. The van der Waals surface area contributed by atoms with Gasteiger partial charge in [0.15, 0.2) is 0 Å². The van der Waals surface area contributed by atoms with E-state index in [4.69, 9.17) is 0 Å². The zero-order chi connectivity index (χ0) is 10.6. The van der Waals surface area contributed by atoms with Crippen LogP contribution in [0, 0.1) is 0 Å². The van der Waals surface area contributed by atoms with Gasteiger partial charge in [-0.05, 0) is 30.8 Å². The molecule has 0 bridgehead atoms. The van der Waals surface area contributed by atoms with E-state index in [9.17, 15) is 9.90 Å². The van der Waals surface area contributed by atoms with E-state index in [1.165, 1.54) is 0 Å². The Labute approximate surface area is 94.2 Å². The van der Waals surface area contributed by atoms with Gasteiger partial charge in [0.05, 0.1) is 0 Å². The first-order chi connectivity index (χ1) is 6.60. The fraction of sp³-hybridized carbons (Fsp3) is 0.900. The third-order valence-corrected chi connectivity index (χ3v) is 5.45. The molecule has 0 aromatic carbocycles. The topological polar surface area (TPSA) is 37.3 Å². The molecule has 0 spiro atoms. The van der Waals surface area contributed by atoms with Gasteiger partial charge in [-0.25, -0.2) is 0 Å². The Bertz CT molecular complexity index is 200. The molecule has 82 valence electrons. The molecular weight excluding hydrogens is 216 g/mol. The monoisotopic (exact) mass is 234 g/mol. The molecule has 1 atom stereocenters. The number of hydrogen-bond acceptors (Lipinski definition) is 3. The molecule has 1 N–H and O–H groups in total. The fourth-order valence-electron chi connectivity index (χ4n) is 1.55. The summed E-state index contributed by atoms with van der Waals surface area (Å²) in [6, 6.07) is 0. The van der Waals surface area contributed by atoms with Crippen molar-refractivity contribution in [1.29, 1.82) is 0 Å². The molecule has 2 nitrogen and oxygen atoms in total. The van der Waals surface area contributed by atoms with Gasteiger partial charge in [-0.3, -0.25) is 4.79 Å². The smallest absolute Gasteiger partial charge is 0.319 e. The maximum absolute atomic E-state index is 11.3. The zero-order valence-electron chi connectivity index (χ0n) is 8.78. The van der Waals surface area contributed by atoms with Crippen molar-refractivity contribution in [3.05, 3.63) is 0 Å². The van der Waals surface area contributed by atoms with Crippen LogP contribution in [0.25, 0.3) is 0 Å². The van der Waals surface area contributed by atoms with Crippen molar-refractivity contribution >= 4 is 29.5 Å². The summed E-state index contributed by atoms with van der Waals surface area (Å²) in [7, 11) is 0. The van der Waals surface area contributed by atoms with Gasteiger partial charge >= 0.3 is 5.97 Å². The second kappa shape index (κ2) is 5.31. The molecule has 1 fully saturated rings. The molecule has 0 saturated carbocycles. The van der Waals surface area contributed by atoms with Crippen LogP contribution < -0.4 is 0 Å². The lowest BCUT2D eigenvalue weighted by Gasteiger charge is -2.34. The SMILES string of the molecule is CCC(C)SC1(C(=O)O)CCSCC1. The Morgan fingerprint density at radius 2 is 2.14 bits per heavy atom. The summed E-state index contributed by atoms with van der Waals surface area (Å²) >= 11 is 3.54. The van der Waals surface area contributed by atoms with E-state index in [0.29, 0.717) is 5.25 Å². The fourth-order valence-corrected chi connectivity index (χ4v) is 4.48. The van der Waals surface area contributed by atoms with E-state index in [2.05, 4.69) is 13.8 Å². The van der Waals surface area contributed by atoms with Crippen LogP contribution in [0.5, 0.6) is 0 Å². The highest BCUT2D eigenvalue weighted by Crippen LogP contribution is 2.41. The molecule has 0 radical (unpaired) electrons. The van der Waals surface area contributed by atoms with Gasteiger partial charge in [0.2, 0.25) is 0 Å². The molecular formula is C10H18O2S2. The van der Waals surface area contributed by atoms with Gasteiger partial charge in [-0.15, -0.1) is 11.8 Å². The highest BCUT2D eigenvalue weighted by Gasteiger charge is 2.41. The van der Waals surface area contributed by atoms with Crippen LogP contribution in [0.15, 0.2) is 0 Å². The first-order valence-electron chi connectivity index (χ1n) is 5.09. The minimum Gasteiger partial charge on any atom is -0.480 e. The number of hydrogen-bond donors (Lipinski definition) is 1. The average molecular weight is 234 g/mol. The van der Waals surface area contributed by atoms with Crippen LogP contribution in [0.2, 0.25) is 0 Å². The van der Waals surface area contributed by atoms with Gasteiger partial charge in [-0.1, -0.05) is 13.8 Å². The molecule has 0 amide bonds. The van der Waals surface area contributed by atoms with E-state index < -0.39 is 10.7 Å². The van der Waals surface area contributed by atoms with Crippen molar-refractivity contribution in [3.8, 4) is 0 Å². The molecule has 1 rings (SSSR count). The first-order valence-corrected chi connectivity index (χ1v) is 7.13. The Morgan fingerprint density at radius 3 is 2.57 bits per heavy atom. The lowest BCUT2D eigenvalue weighted by Crippen LogP contribution is -2.40. The lowest BCUT2D eigenvalue weighted by atomic mass is 10.0. The lowest BCUT2D eigenvalue weighted by molar-refractivity contribution is -0.140. The second-order valence-electron chi connectivity index (χ2n) is 3.75. The summed E-state index contributed by atoms with van der Waals surface area (Å²) in [6.45, 7) is 4.24. The Hall–Kier alpha value is 0.170. The Morgan fingerprint density at radius 1 is 1.57 bits per heavy atom. The van der Waals surface area contributed by atoms with Gasteiger partial charge in [0.25, 0.3) is 0 Å². The van der Waals surface area contributed by atoms with Crippen molar-refractivity contribution in [3.63, 3.8) is 0 Å². The van der Waals surface area contributed by atoms with Crippen LogP contribution in [-0.2, 0) is 4.79 Å². The molecule has 1 heterocycles. The third kappa shape index (κ3) is 2.83. The highest BCUT2D eigenvalue weighted by atomic mass is 32.2. The normalized spacial score (nSPS) is 23.0. The van der Waals surface area contributed by atoms with Gasteiger partial charge in [-0.2, -0.15) is 11.8 Å². The molecule has 4 heteroatoms. The number of carboxylic acids is 1. The van der Waals surface area contributed by atoms with Crippen molar-refractivity contribution in [2.24, 2.45) is 0 Å². The average Bonchev–Trinajstić information content (AvgIpc) is 2.19. The van der Waals surface area contributed by atoms with E-state index >= 15 is 0 Å². The standard InChI is InChI=1S/C10H18O2S2/c1-3-8(2)14-10(9(11)12)4-6-13-7-5-10/h8H,3-7H2,1-2H3,(H,11,12). The summed E-state index contributed by atoms with van der Waals surface area (Å²) in [4.78, 5) is 11.3. The third-order valence-electron chi connectivity index (χ3n) is 2.69. The molecule has 1 aliphatic heterocycles. The molecule has 1 saturated heterocycles. The number of rotatable bonds is 4.